The third-order valence-corrected chi connectivity index (χ3v) is 9.49. The summed E-state index contributed by atoms with van der Waals surface area (Å²) in [7, 11) is 0. The van der Waals surface area contributed by atoms with Crippen molar-refractivity contribution >= 4 is 86.4 Å². The maximum Gasteiger partial charge on any atom is 0.0625 e. The SMILES string of the molecule is c1ccc2cc3c(cc2c1)c1c2ccccc2c2ccccc2c1n3-c1ccc2c3ccccc3c3ccccc3c2c1. The number of benzene rings is 9. The minimum Gasteiger partial charge on any atom is -0.309 e. The van der Waals surface area contributed by atoms with Gasteiger partial charge in [0.1, 0.15) is 0 Å². The van der Waals surface area contributed by atoms with Crippen LogP contribution in [0.4, 0.5) is 0 Å². The molecule has 0 bridgehead atoms. The molecule has 0 aliphatic carbocycles. The van der Waals surface area contributed by atoms with Gasteiger partial charge in [0.25, 0.3) is 0 Å². The fraction of sp³-hybridized carbons (Fsp3) is 0. The molecule has 0 fully saturated rings. The molecule has 0 saturated heterocycles. The van der Waals surface area contributed by atoms with Crippen molar-refractivity contribution in [1.29, 1.82) is 0 Å². The Kier molecular flexibility index (Phi) is 4.51. The molecule has 0 saturated carbocycles. The molecule has 43 heavy (non-hydrogen) atoms. The topological polar surface area (TPSA) is 4.93 Å². The molecule has 1 heterocycles. The molecule has 0 atom stereocenters. The number of aromatic nitrogens is 1. The lowest BCUT2D eigenvalue weighted by Crippen LogP contribution is -1.96. The van der Waals surface area contributed by atoms with Gasteiger partial charge < -0.3 is 4.57 Å². The molecule has 1 heteroatoms. The van der Waals surface area contributed by atoms with Gasteiger partial charge in [-0.3, -0.25) is 0 Å². The third-order valence-electron chi connectivity index (χ3n) is 9.49. The molecule has 9 aromatic carbocycles. The van der Waals surface area contributed by atoms with Crippen LogP contribution in [0, 0.1) is 0 Å². The minimum absolute atomic E-state index is 1.18. The molecule has 1 nitrogen and oxygen atoms in total. The average molecular weight is 544 g/mol. The Labute approximate surface area is 247 Å². The average Bonchev–Trinajstić information content (AvgIpc) is 3.41. The van der Waals surface area contributed by atoms with Gasteiger partial charge in [0, 0.05) is 21.8 Å². The van der Waals surface area contributed by atoms with Crippen LogP contribution >= 0.6 is 0 Å². The van der Waals surface area contributed by atoms with Gasteiger partial charge in [-0.15, -0.1) is 0 Å². The van der Waals surface area contributed by atoms with E-state index in [2.05, 4.69) is 156 Å². The molecule has 0 amide bonds. The number of hydrogen-bond acceptors (Lipinski definition) is 0. The maximum absolute atomic E-state index is 2.52. The molecule has 0 aliphatic rings. The summed E-state index contributed by atoms with van der Waals surface area (Å²) in [5, 5.41) is 18.1. The van der Waals surface area contributed by atoms with Gasteiger partial charge >= 0.3 is 0 Å². The summed E-state index contributed by atoms with van der Waals surface area (Å²) in [6, 6.07) is 56.1. The monoisotopic (exact) mass is 543 g/mol. The first-order chi connectivity index (χ1) is 21.3. The first kappa shape index (κ1) is 23.0. The van der Waals surface area contributed by atoms with E-state index in [0.717, 1.165) is 0 Å². The molecule has 0 N–H and O–H groups in total. The maximum atomic E-state index is 2.52. The van der Waals surface area contributed by atoms with Crippen LogP contribution < -0.4 is 0 Å². The van der Waals surface area contributed by atoms with Gasteiger partial charge in [-0.05, 0) is 83.5 Å². The highest BCUT2D eigenvalue weighted by Gasteiger charge is 2.20. The van der Waals surface area contributed by atoms with Gasteiger partial charge in [-0.2, -0.15) is 0 Å². The Hall–Kier alpha value is -5.66. The van der Waals surface area contributed by atoms with Crippen LogP contribution in [0.2, 0.25) is 0 Å². The molecule has 0 unspecified atom stereocenters. The van der Waals surface area contributed by atoms with E-state index in [1.54, 1.807) is 0 Å². The number of hydrogen-bond donors (Lipinski definition) is 0. The van der Waals surface area contributed by atoms with Gasteiger partial charge in [0.15, 0.2) is 0 Å². The molecule has 198 valence electrons. The van der Waals surface area contributed by atoms with Crippen LogP contribution in [0.3, 0.4) is 0 Å². The van der Waals surface area contributed by atoms with E-state index in [4.69, 9.17) is 0 Å². The summed E-state index contributed by atoms with van der Waals surface area (Å²) in [5.41, 5.74) is 3.69. The molecular formula is C42H25N. The van der Waals surface area contributed by atoms with Crippen LogP contribution in [0.1, 0.15) is 0 Å². The van der Waals surface area contributed by atoms with Crippen molar-refractivity contribution in [2.45, 2.75) is 0 Å². The zero-order valence-electron chi connectivity index (χ0n) is 23.4. The largest absolute Gasteiger partial charge is 0.309 e. The first-order valence-corrected chi connectivity index (χ1v) is 15.0. The summed E-state index contributed by atoms with van der Waals surface area (Å²) in [6.07, 6.45) is 0. The number of fused-ring (bicyclic) bond motifs is 15. The molecule has 10 aromatic rings. The fourth-order valence-electron chi connectivity index (χ4n) is 7.66. The van der Waals surface area contributed by atoms with E-state index in [1.807, 2.05) is 0 Å². The third kappa shape index (κ3) is 3.06. The molecule has 1 aromatic heterocycles. The summed E-state index contributed by atoms with van der Waals surface area (Å²) >= 11 is 0. The molecule has 10 rings (SSSR count). The van der Waals surface area contributed by atoms with E-state index in [1.165, 1.54) is 92.1 Å². The highest BCUT2D eigenvalue weighted by molar-refractivity contribution is 6.33. The van der Waals surface area contributed by atoms with Crippen molar-refractivity contribution in [3.8, 4) is 5.69 Å². The highest BCUT2D eigenvalue weighted by atomic mass is 15.0. The normalized spacial score (nSPS) is 12.2. The lowest BCUT2D eigenvalue weighted by molar-refractivity contribution is 1.19. The second kappa shape index (κ2) is 8.44. The van der Waals surface area contributed by atoms with E-state index in [9.17, 15) is 0 Å². The lowest BCUT2D eigenvalue weighted by Gasteiger charge is -2.15. The summed E-state index contributed by atoms with van der Waals surface area (Å²) < 4.78 is 2.52. The Morgan fingerprint density at radius 1 is 0.302 bits per heavy atom. The standard InChI is InChI=1S/C42H25N/c1-2-12-27-24-40-39(23-26(27)11-1)41-36-19-9-7-16-32(36)33-17-8-10-20-37(33)42(41)43(40)28-21-22-35-31-15-4-3-13-29(31)30-14-5-6-18-34(30)38(35)25-28/h1-25H. The fourth-order valence-corrected chi connectivity index (χ4v) is 7.66. The van der Waals surface area contributed by atoms with Crippen LogP contribution in [0.25, 0.3) is 92.1 Å². The van der Waals surface area contributed by atoms with Crippen molar-refractivity contribution in [2.75, 3.05) is 0 Å². The van der Waals surface area contributed by atoms with E-state index in [-0.39, 0.29) is 0 Å². The summed E-state index contributed by atoms with van der Waals surface area (Å²) in [6.45, 7) is 0. The number of rotatable bonds is 1. The zero-order chi connectivity index (χ0) is 28.1. The Morgan fingerprint density at radius 3 is 1.37 bits per heavy atom. The van der Waals surface area contributed by atoms with Gasteiger partial charge in [0.2, 0.25) is 0 Å². The summed E-state index contributed by atoms with van der Waals surface area (Å²) in [4.78, 5) is 0. The molecule has 0 spiro atoms. The van der Waals surface area contributed by atoms with Crippen LogP contribution in [0.5, 0.6) is 0 Å². The highest BCUT2D eigenvalue weighted by Crippen LogP contribution is 2.44. The van der Waals surface area contributed by atoms with Crippen molar-refractivity contribution in [1.82, 2.24) is 4.57 Å². The molecular weight excluding hydrogens is 518 g/mol. The van der Waals surface area contributed by atoms with E-state index >= 15 is 0 Å². The van der Waals surface area contributed by atoms with Crippen molar-refractivity contribution in [3.05, 3.63) is 152 Å². The van der Waals surface area contributed by atoms with Crippen molar-refractivity contribution in [2.24, 2.45) is 0 Å². The predicted octanol–water partition coefficient (Wildman–Crippen LogP) is 11.7. The van der Waals surface area contributed by atoms with Crippen molar-refractivity contribution in [3.63, 3.8) is 0 Å². The van der Waals surface area contributed by atoms with E-state index in [0.29, 0.717) is 0 Å². The molecule has 0 radical (unpaired) electrons. The van der Waals surface area contributed by atoms with Crippen LogP contribution in [0.15, 0.2) is 152 Å². The second-order valence-corrected chi connectivity index (χ2v) is 11.7. The number of nitrogens with zero attached hydrogens (tertiary/aromatic N) is 1. The van der Waals surface area contributed by atoms with Crippen LogP contribution in [-0.4, -0.2) is 4.57 Å². The van der Waals surface area contributed by atoms with Gasteiger partial charge in [0.05, 0.1) is 11.0 Å². The van der Waals surface area contributed by atoms with Crippen molar-refractivity contribution < 1.29 is 0 Å². The van der Waals surface area contributed by atoms with Crippen LogP contribution in [-0.2, 0) is 0 Å². The first-order valence-electron chi connectivity index (χ1n) is 15.0. The van der Waals surface area contributed by atoms with Gasteiger partial charge in [-0.25, -0.2) is 0 Å². The predicted molar refractivity (Wildman–Crippen MR) is 186 cm³/mol. The summed E-state index contributed by atoms with van der Waals surface area (Å²) in [5.74, 6) is 0. The Balaban J connectivity index is 1.46. The van der Waals surface area contributed by atoms with Gasteiger partial charge in [-0.1, -0.05) is 127 Å². The Morgan fingerprint density at radius 2 is 0.744 bits per heavy atom. The zero-order valence-corrected chi connectivity index (χ0v) is 23.4. The lowest BCUT2D eigenvalue weighted by atomic mass is 9.94. The smallest absolute Gasteiger partial charge is 0.0625 e. The minimum atomic E-state index is 1.18. The van der Waals surface area contributed by atoms with E-state index < -0.39 is 0 Å². The Bertz CT molecular complexity index is 2740. The molecule has 0 aliphatic heterocycles. The quantitative estimate of drug-likeness (QED) is 0.181. The second-order valence-electron chi connectivity index (χ2n) is 11.7.